The van der Waals surface area contributed by atoms with Gasteiger partial charge in [0.05, 0.1) is 30.3 Å². The number of dihydropyridines is 1. The molecule has 8 nitrogen and oxygen atoms in total. The number of methoxy groups -OCH3 is 1. The minimum atomic E-state index is -0.558. The van der Waals surface area contributed by atoms with E-state index in [1.807, 2.05) is 24.4 Å². The zero-order chi connectivity index (χ0) is 29.2. The average molecular weight is 570 g/mol. The van der Waals surface area contributed by atoms with Gasteiger partial charge in [-0.25, -0.2) is 0 Å². The van der Waals surface area contributed by atoms with Crippen LogP contribution in [0.25, 0.3) is 0 Å². The minimum Gasteiger partial charge on any atom is -0.397 e. The summed E-state index contributed by atoms with van der Waals surface area (Å²) in [5.74, 6) is 0.122. The maximum Gasteiger partial charge on any atom is 0.220 e. The van der Waals surface area contributed by atoms with Crippen LogP contribution in [-0.4, -0.2) is 74.5 Å². The van der Waals surface area contributed by atoms with Crippen LogP contribution in [0.5, 0.6) is 0 Å². The second kappa shape index (κ2) is 19.0. The third kappa shape index (κ3) is 10.2. The average Bonchev–Trinajstić information content (AvgIpc) is 3.29. The van der Waals surface area contributed by atoms with E-state index in [0.29, 0.717) is 45.0 Å². The molecule has 1 aliphatic carbocycles. The van der Waals surface area contributed by atoms with Crippen LogP contribution in [0.1, 0.15) is 103 Å². The second-order valence-electron chi connectivity index (χ2n) is 11.5. The first kappa shape index (κ1) is 33.2. The van der Waals surface area contributed by atoms with Crippen LogP contribution < -0.4 is 11.1 Å². The molecular formula is C33H55N5O3. The van der Waals surface area contributed by atoms with Crippen molar-refractivity contribution < 1.29 is 14.3 Å². The predicted molar refractivity (Wildman–Crippen MR) is 169 cm³/mol. The van der Waals surface area contributed by atoms with Gasteiger partial charge < -0.3 is 20.5 Å². The molecule has 3 aliphatic rings. The maximum atomic E-state index is 12.2. The fourth-order valence-corrected chi connectivity index (χ4v) is 6.02. The van der Waals surface area contributed by atoms with Gasteiger partial charge in [-0.05, 0) is 24.6 Å². The molecular weight excluding hydrogens is 514 g/mol. The molecule has 3 N–H and O–H groups in total. The van der Waals surface area contributed by atoms with Gasteiger partial charge in [0, 0.05) is 45.9 Å². The highest BCUT2D eigenvalue weighted by atomic mass is 16.5. The highest BCUT2D eigenvalue weighted by molar-refractivity contribution is 6.13. The molecule has 0 aromatic rings. The summed E-state index contributed by atoms with van der Waals surface area (Å²) in [6.07, 6.45) is 28.1. The van der Waals surface area contributed by atoms with Gasteiger partial charge in [0.25, 0.3) is 0 Å². The number of aliphatic imine (C=N–C) groups is 2. The van der Waals surface area contributed by atoms with E-state index in [9.17, 15) is 4.79 Å². The van der Waals surface area contributed by atoms with E-state index in [1.165, 1.54) is 70.6 Å². The highest BCUT2D eigenvalue weighted by Gasteiger charge is 2.52. The van der Waals surface area contributed by atoms with Crippen LogP contribution in [0.4, 0.5) is 0 Å². The number of carbonyl (C=O) groups is 1. The Morgan fingerprint density at radius 1 is 0.976 bits per heavy atom. The van der Waals surface area contributed by atoms with Gasteiger partial charge in [-0.3, -0.25) is 19.7 Å². The molecule has 0 fully saturated rings. The number of nitrogens with zero attached hydrogens (tertiary/aromatic N) is 3. The summed E-state index contributed by atoms with van der Waals surface area (Å²) in [5.41, 5.74) is 8.26. The zero-order valence-electron chi connectivity index (χ0n) is 25.7. The predicted octanol–water partition coefficient (Wildman–Crippen LogP) is 5.84. The molecule has 2 heterocycles. The summed E-state index contributed by atoms with van der Waals surface area (Å²) in [6.45, 7) is 5.09. The lowest BCUT2D eigenvalue weighted by atomic mass is 9.81. The van der Waals surface area contributed by atoms with Gasteiger partial charge in [-0.15, -0.1) is 0 Å². The molecule has 0 aromatic carbocycles. The van der Waals surface area contributed by atoms with Crippen molar-refractivity contribution >= 4 is 17.8 Å². The van der Waals surface area contributed by atoms with Crippen LogP contribution in [0.2, 0.25) is 0 Å². The molecule has 2 unspecified atom stereocenters. The molecule has 0 bridgehead atoms. The highest BCUT2D eigenvalue weighted by Crippen LogP contribution is 2.42. The van der Waals surface area contributed by atoms with E-state index in [2.05, 4.69) is 28.2 Å². The number of ether oxygens (including phenoxy) is 2. The Kier molecular flexibility index (Phi) is 15.4. The first-order chi connectivity index (χ1) is 20.1. The molecule has 8 heteroatoms. The lowest BCUT2D eigenvalue weighted by Crippen LogP contribution is -2.56. The molecule has 0 saturated carbocycles. The van der Waals surface area contributed by atoms with Gasteiger partial charge in [0.1, 0.15) is 11.7 Å². The topological polar surface area (TPSA) is 102 Å². The van der Waals surface area contributed by atoms with Gasteiger partial charge in [-0.2, -0.15) is 0 Å². The van der Waals surface area contributed by atoms with Gasteiger partial charge >= 0.3 is 0 Å². The first-order valence-corrected chi connectivity index (χ1v) is 16.2. The molecule has 41 heavy (non-hydrogen) atoms. The molecule has 1 amide bonds. The Morgan fingerprint density at radius 2 is 1.66 bits per heavy atom. The Bertz CT molecular complexity index is 941. The normalized spacial score (nSPS) is 21.3. The molecule has 1 spiro atoms. The van der Waals surface area contributed by atoms with E-state index in [1.54, 1.807) is 7.11 Å². The third-order valence-electron chi connectivity index (χ3n) is 8.31. The summed E-state index contributed by atoms with van der Waals surface area (Å²) in [4.78, 5) is 24.2. The summed E-state index contributed by atoms with van der Waals surface area (Å²) < 4.78 is 11.3. The van der Waals surface area contributed by atoms with E-state index in [4.69, 9.17) is 20.2 Å². The third-order valence-corrected chi connectivity index (χ3v) is 8.31. The van der Waals surface area contributed by atoms with Crippen LogP contribution in [0.3, 0.4) is 0 Å². The molecule has 230 valence electrons. The van der Waals surface area contributed by atoms with Crippen molar-refractivity contribution in [3.05, 3.63) is 35.7 Å². The number of nitrogens with two attached hydrogens (primary N) is 1. The van der Waals surface area contributed by atoms with Gasteiger partial charge in [0.2, 0.25) is 5.91 Å². The number of carbonyl (C=O) groups excluding carboxylic acids is 1. The SMILES string of the molecule is CCCCCCCCCCCCCCCC(=O)NCCOCCN1C(CCOC)N=C2C(N)=CC=C3N=CC=CC321. The number of amides is 1. The molecule has 0 aromatic heterocycles. The van der Waals surface area contributed by atoms with Crippen molar-refractivity contribution in [3.63, 3.8) is 0 Å². The quantitative estimate of drug-likeness (QED) is 0.151. The van der Waals surface area contributed by atoms with Crippen molar-refractivity contribution in [2.24, 2.45) is 15.7 Å². The largest absolute Gasteiger partial charge is 0.397 e. The van der Waals surface area contributed by atoms with E-state index >= 15 is 0 Å². The number of nitrogens with one attached hydrogen (secondary N) is 1. The second-order valence-corrected chi connectivity index (χ2v) is 11.5. The standard InChI is InChI=1S/C33H55N5O3/c1-3-4-5-6-7-8-9-10-11-12-13-14-15-17-31(39)36-23-26-41-27-24-38-30(20-25-40-2)37-32-28(34)18-19-29-33(32,38)21-16-22-35-29/h16,18-19,21-22,30H,3-15,17,20,23-27,34H2,1-2H3,(H,36,39). The van der Waals surface area contributed by atoms with Gasteiger partial charge in [-0.1, -0.05) is 90.0 Å². The smallest absolute Gasteiger partial charge is 0.220 e. The van der Waals surface area contributed by atoms with Crippen molar-refractivity contribution in [1.29, 1.82) is 0 Å². The zero-order valence-corrected chi connectivity index (χ0v) is 25.7. The maximum absolute atomic E-state index is 12.2. The number of unbranched alkanes of at least 4 members (excludes halogenated alkanes) is 12. The van der Waals surface area contributed by atoms with E-state index in [0.717, 1.165) is 30.7 Å². The van der Waals surface area contributed by atoms with Crippen LogP contribution >= 0.6 is 0 Å². The minimum absolute atomic E-state index is 0.0695. The molecule has 0 radical (unpaired) electrons. The number of hydrogen-bond acceptors (Lipinski definition) is 7. The Labute approximate surface area is 248 Å². The summed E-state index contributed by atoms with van der Waals surface area (Å²) in [5, 5.41) is 3.01. The molecule has 2 aliphatic heterocycles. The van der Waals surface area contributed by atoms with Crippen LogP contribution in [0, 0.1) is 0 Å². The summed E-state index contributed by atoms with van der Waals surface area (Å²) in [6, 6.07) is 0. The van der Waals surface area contributed by atoms with Crippen molar-refractivity contribution in [2.45, 2.75) is 115 Å². The fraction of sp³-hybridized carbons (Fsp3) is 0.727. The fourth-order valence-electron chi connectivity index (χ4n) is 6.02. The first-order valence-electron chi connectivity index (χ1n) is 16.2. The van der Waals surface area contributed by atoms with E-state index < -0.39 is 5.54 Å². The van der Waals surface area contributed by atoms with Crippen molar-refractivity contribution in [2.75, 3.05) is 40.0 Å². The Hall–Kier alpha value is -2.29. The van der Waals surface area contributed by atoms with Crippen LogP contribution in [0.15, 0.2) is 45.7 Å². The number of rotatable bonds is 23. The van der Waals surface area contributed by atoms with Crippen LogP contribution in [-0.2, 0) is 14.3 Å². The lowest BCUT2D eigenvalue weighted by Gasteiger charge is -2.41. The Balaban J connectivity index is 1.24. The Morgan fingerprint density at radius 3 is 2.34 bits per heavy atom. The van der Waals surface area contributed by atoms with Crippen molar-refractivity contribution in [3.8, 4) is 0 Å². The lowest BCUT2D eigenvalue weighted by molar-refractivity contribution is -0.121. The summed E-state index contributed by atoms with van der Waals surface area (Å²) >= 11 is 0. The number of allylic oxidation sites excluding steroid dienone is 3. The monoisotopic (exact) mass is 569 g/mol. The van der Waals surface area contributed by atoms with Gasteiger partial charge in [0.15, 0.2) is 0 Å². The molecule has 2 atom stereocenters. The molecule has 0 saturated heterocycles. The summed E-state index contributed by atoms with van der Waals surface area (Å²) in [7, 11) is 1.71. The molecule has 3 rings (SSSR count). The van der Waals surface area contributed by atoms with Crippen molar-refractivity contribution in [1.82, 2.24) is 10.2 Å². The van der Waals surface area contributed by atoms with E-state index in [-0.39, 0.29) is 12.1 Å². The number of hydrogen-bond donors (Lipinski definition) is 2.